The molecule has 0 unspecified atom stereocenters. The summed E-state index contributed by atoms with van der Waals surface area (Å²) in [6, 6.07) is 11.8. The predicted molar refractivity (Wildman–Crippen MR) is 97.2 cm³/mol. The van der Waals surface area contributed by atoms with Gasteiger partial charge in [-0.2, -0.15) is 0 Å². The molecule has 3 rings (SSSR count). The van der Waals surface area contributed by atoms with Crippen LogP contribution in [0.5, 0.6) is 23.0 Å². The van der Waals surface area contributed by atoms with Gasteiger partial charge >= 0.3 is 0 Å². The fourth-order valence-corrected chi connectivity index (χ4v) is 2.89. The van der Waals surface area contributed by atoms with E-state index in [1.807, 2.05) is 42.6 Å². The number of rotatable bonds is 6. The lowest BCUT2D eigenvalue weighted by Gasteiger charge is -2.13. The fourth-order valence-electron chi connectivity index (χ4n) is 2.89. The summed E-state index contributed by atoms with van der Waals surface area (Å²) in [7, 11) is 6.53. The number of pyridine rings is 1. The van der Waals surface area contributed by atoms with Crippen LogP contribution in [0.15, 0.2) is 42.6 Å². The molecule has 0 radical (unpaired) electrons. The Morgan fingerprint density at radius 2 is 1.36 bits per heavy atom. The Balaban J connectivity index is 2.04. The molecule has 0 fully saturated rings. The number of methoxy groups -OCH3 is 4. The molecule has 1 aromatic heterocycles. The van der Waals surface area contributed by atoms with Gasteiger partial charge in [0.15, 0.2) is 23.0 Å². The highest BCUT2D eigenvalue weighted by atomic mass is 16.5. The first-order chi connectivity index (χ1) is 12.2. The second-order valence-electron chi connectivity index (χ2n) is 5.56. The molecule has 5 nitrogen and oxygen atoms in total. The average Bonchev–Trinajstić information content (AvgIpc) is 2.66. The summed E-state index contributed by atoms with van der Waals surface area (Å²) in [4.78, 5) is 4.45. The highest BCUT2D eigenvalue weighted by molar-refractivity contribution is 5.86. The number of ether oxygens (including phenoxy) is 4. The molecule has 0 aliphatic rings. The summed E-state index contributed by atoms with van der Waals surface area (Å²) in [6.45, 7) is 0. The second-order valence-corrected chi connectivity index (χ2v) is 5.56. The number of aromatic nitrogens is 1. The molecule has 0 N–H and O–H groups in total. The lowest BCUT2D eigenvalue weighted by atomic mass is 10.0. The monoisotopic (exact) mass is 339 g/mol. The molecule has 0 amide bonds. The van der Waals surface area contributed by atoms with Gasteiger partial charge in [0.1, 0.15) is 0 Å². The van der Waals surface area contributed by atoms with Crippen LogP contribution in [0, 0.1) is 0 Å². The molecule has 5 heteroatoms. The van der Waals surface area contributed by atoms with E-state index in [1.165, 1.54) is 0 Å². The molecule has 0 aliphatic heterocycles. The zero-order chi connectivity index (χ0) is 17.8. The maximum atomic E-state index is 5.43. The van der Waals surface area contributed by atoms with Crippen LogP contribution in [-0.4, -0.2) is 33.4 Å². The molecular weight excluding hydrogens is 318 g/mol. The molecule has 0 spiro atoms. The standard InChI is InChI=1S/C20H21NO4/c1-22-17-6-5-13(10-18(17)23-2)9-14-7-8-21-16-12-20(25-4)19(24-3)11-15(14)16/h5-8,10-12H,9H2,1-4H3. The minimum absolute atomic E-state index is 0.672. The minimum atomic E-state index is 0.672. The highest BCUT2D eigenvalue weighted by Gasteiger charge is 2.11. The Labute approximate surface area is 147 Å². The van der Waals surface area contributed by atoms with Crippen molar-refractivity contribution in [2.75, 3.05) is 28.4 Å². The van der Waals surface area contributed by atoms with E-state index in [4.69, 9.17) is 18.9 Å². The molecule has 0 saturated carbocycles. The molecule has 0 bridgehead atoms. The van der Waals surface area contributed by atoms with Gasteiger partial charge in [-0.15, -0.1) is 0 Å². The van der Waals surface area contributed by atoms with Gasteiger partial charge in [-0.1, -0.05) is 6.07 Å². The SMILES string of the molecule is COc1ccc(Cc2ccnc3cc(OC)c(OC)cc23)cc1OC. The summed E-state index contributed by atoms with van der Waals surface area (Å²) in [5.74, 6) is 2.80. The number of benzene rings is 2. The van der Waals surface area contributed by atoms with Gasteiger partial charge in [-0.25, -0.2) is 0 Å². The normalized spacial score (nSPS) is 10.6. The van der Waals surface area contributed by atoms with Gasteiger partial charge in [-0.05, 0) is 41.8 Å². The quantitative estimate of drug-likeness (QED) is 0.682. The van der Waals surface area contributed by atoms with Gasteiger partial charge in [-0.3, -0.25) is 4.98 Å². The largest absolute Gasteiger partial charge is 0.493 e. The summed E-state index contributed by atoms with van der Waals surface area (Å²) in [5, 5.41) is 1.04. The minimum Gasteiger partial charge on any atom is -0.493 e. The molecule has 3 aromatic rings. The van der Waals surface area contributed by atoms with Gasteiger partial charge in [0.2, 0.25) is 0 Å². The lowest BCUT2D eigenvalue weighted by molar-refractivity contribution is 0.354. The first-order valence-electron chi connectivity index (χ1n) is 7.90. The topological polar surface area (TPSA) is 49.8 Å². The third-order valence-corrected chi connectivity index (χ3v) is 4.18. The van der Waals surface area contributed by atoms with Crippen molar-refractivity contribution in [2.45, 2.75) is 6.42 Å². The van der Waals surface area contributed by atoms with Crippen molar-refractivity contribution in [1.82, 2.24) is 4.98 Å². The zero-order valence-corrected chi connectivity index (χ0v) is 14.8. The number of hydrogen-bond acceptors (Lipinski definition) is 5. The van der Waals surface area contributed by atoms with Gasteiger partial charge < -0.3 is 18.9 Å². The maximum Gasteiger partial charge on any atom is 0.162 e. The van der Waals surface area contributed by atoms with Crippen molar-refractivity contribution in [1.29, 1.82) is 0 Å². The second kappa shape index (κ2) is 7.30. The van der Waals surface area contributed by atoms with Crippen molar-refractivity contribution < 1.29 is 18.9 Å². The van der Waals surface area contributed by atoms with E-state index in [-0.39, 0.29) is 0 Å². The van der Waals surface area contributed by atoms with E-state index in [2.05, 4.69) is 4.98 Å². The first-order valence-corrected chi connectivity index (χ1v) is 7.90. The predicted octanol–water partition coefficient (Wildman–Crippen LogP) is 3.86. The fraction of sp³-hybridized carbons (Fsp3) is 0.250. The van der Waals surface area contributed by atoms with Crippen LogP contribution in [-0.2, 0) is 6.42 Å². The first kappa shape index (κ1) is 16.9. The summed E-state index contributed by atoms with van der Waals surface area (Å²) in [5.41, 5.74) is 3.15. The van der Waals surface area contributed by atoms with Crippen molar-refractivity contribution >= 4 is 10.9 Å². The van der Waals surface area contributed by atoms with Gasteiger partial charge in [0.25, 0.3) is 0 Å². The number of nitrogens with zero attached hydrogens (tertiary/aromatic N) is 1. The van der Waals surface area contributed by atoms with Crippen molar-refractivity contribution in [3.8, 4) is 23.0 Å². The van der Waals surface area contributed by atoms with E-state index in [1.54, 1.807) is 28.4 Å². The van der Waals surface area contributed by atoms with E-state index < -0.39 is 0 Å². The van der Waals surface area contributed by atoms with Crippen LogP contribution >= 0.6 is 0 Å². The van der Waals surface area contributed by atoms with Crippen LogP contribution in [0.2, 0.25) is 0 Å². The van der Waals surface area contributed by atoms with Crippen molar-refractivity contribution in [2.24, 2.45) is 0 Å². The number of hydrogen-bond donors (Lipinski definition) is 0. The van der Waals surface area contributed by atoms with Crippen molar-refractivity contribution in [3.05, 3.63) is 53.7 Å². The van der Waals surface area contributed by atoms with Crippen LogP contribution in [0.4, 0.5) is 0 Å². The van der Waals surface area contributed by atoms with E-state index in [0.29, 0.717) is 11.5 Å². The molecule has 25 heavy (non-hydrogen) atoms. The summed E-state index contributed by atoms with van der Waals surface area (Å²) in [6.07, 6.45) is 2.55. The molecule has 0 saturated heterocycles. The Kier molecular flexibility index (Phi) is 4.93. The van der Waals surface area contributed by atoms with Crippen LogP contribution in [0.1, 0.15) is 11.1 Å². The number of fused-ring (bicyclic) bond motifs is 1. The zero-order valence-electron chi connectivity index (χ0n) is 14.8. The Bertz CT molecular complexity index is 892. The Hall–Kier alpha value is -2.95. The highest BCUT2D eigenvalue weighted by Crippen LogP contribution is 2.34. The molecule has 2 aromatic carbocycles. The van der Waals surface area contributed by atoms with E-state index >= 15 is 0 Å². The van der Waals surface area contributed by atoms with Crippen LogP contribution in [0.25, 0.3) is 10.9 Å². The molecule has 130 valence electrons. The maximum absolute atomic E-state index is 5.43. The van der Waals surface area contributed by atoms with Crippen LogP contribution in [0.3, 0.4) is 0 Å². The summed E-state index contributed by atoms with van der Waals surface area (Å²) < 4.78 is 21.5. The molecule has 1 heterocycles. The van der Waals surface area contributed by atoms with Gasteiger partial charge in [0.05, 0.1) is 34.0 Å². The van der Waals surface area contributed by atoms with Crippen molar-refractivity contribution in [3.63, 3.8) is 0 Å². The van der Waals surface area contributed by atoms with E-state index in [9.17, 15) is 0 Å². The molecule has 0 aliphatic carbocycles. The smallest absolute Gasteiger partial charge is 0.162 e. The third-order valence-electron chi connectivity index (χ3n) is 4.18. The van der Waals surface area contributed by atoms with Gasteiger partial charge in [0, 0.05) is 17.6 Å². The van der Waals surface area contributed by atoms with E-state index in [0.717, 1.165) is 39.9 Å². The molecule has 0 atom stereocenters. The lowest BCUT2D eigenvalue weighted by Crippen LogP contribution is -1.96. The van der Waals surface area contributed by atoms with Crippen LogP contribution < -0.4 is 18.9 Å². The third kappa shape index (κ3) is 3.31. The Morgan fingerprint density at radius 3 is 2.04 bits per heavy atom. The molecular formula is C20H21NO4. The summed E-state index contributed by atoms with van der Waals surface area (Å²) >= 11 is 0. The Morgan fingerprint density at radius 1 is 0.720 bits per heavy atom. The average molecular weight is 339 g/mol.